The van der Waals surface area contributed by atoms with Gasteiger partial charge in [0.25, 0.3) is 0 Å². The largest absolute Gasteiger partial charge is 0.373 e. The number of rotatable bonds is 6. The van der Waals surface area contributed by atoms with E-state index < -0.39 is 0 Å². The second kappa shape index (κ2) is 6.53. The normalized spacial score (nSPS) is 18.7. The van der Waals surface area contributed by atoms with Gasteiger partial charge in [-0.2, -0.15) is 5.10 Å². The minimum absolute atomic E-state index is 0.0943. The number of aryl methyl sites for hydroxylation is 2. The van der Waals surface area contributed by atoms with Gasteiger partial charge < -0.3 is 10.5 Å². The maximum Gasteiger partial charge on any atom is 0.0885 e. The van der Waals surface area contributed by atoms with Crippen LogP contribution in [0.1, 0.15) is 57.3 Å². The van der Waals surface area contributed by atoms with Crippen LogP contribution in [0.15, 0.2) is 6.07 Å². The fourth-order valence-corrected chi connectivity index (χ4v) is 2.84. The molecular formula is C15H27N3O. The van der Waals surface area contributed by atoms with Gasteiger partial charge in [-0.05, 0) is 32.3 Å². The first kappa shape index (κ1) is 14.5. The molecule has 2 N–H and O–H groups in total. The van der Waals surface area contributed by atoms with Crippen molar-refractivity contribution in [3.63, 3.8) is 0 Å². The molecule has 0 unspecified atom stereocenters. The molecule has 0 bridgehead atoms. The van der Waals surface area contributed by atoms with E-state index in [1.54, 1.807) is 0 Å². The number of nitrogens with two attached hydrogens (primary N) is 1. The third-order valence-electron chi connectivity index (χ3n) is 4.06. The topological polar surface area (TPSA) is 53.1 Å². The predicted octanol–water partition coefficient (Wildman–Crippen LogP) is 2.64. The van der Waals surface area contributed by atoms with Crippen molar-refractivity contribution < 1.29 is 4.74 Å². The molecule has 0 saturated heterocycles. The van der Waals surface area contributed by atoms with Crippen molar-refractivity contribution in [1.29, 1.82) is 0 Å². The Morgan fingerprint density at radius 2 is 2.05 bits per heavy atom. The Labute approximate surface area is 116 Å². The van der Waals surface area contributed by atoms with E-state index in [0.29, 0.717) is 13.2 Å². The number of ether oxygens (including phenoxy) is 1. The van der Waals surface area contributed by atoms with E-state index in [1.807, 2.05) is 4.68 Å². The highest BCUT2D eigenvalue weighted by molar-refractivity contribution is 5.09. The highest BCUT2D eigenvalue weighted by Gasteiger charge is 2.27. The Morgan fingerprint density at radius 1 is 1.32 bits per heavy atom. The van der Waals surface area contributed by atoms with E-state index in [-0.39, 0.29) is 5.54 Å². The van der Waals surface area contributed by atoms with Crippen molar-refractivity contribution in [2.75, 3.05) is 6.61 Å². The molecule has 4 heteroatoms. The molecule has 0 atom stereocenters. The molecule has 1 saturated carbocycles. The average molecular weight is 265 g/mol. The molecule has 1 aromatic rings. The molecule has 0 amide bonds. The van der Waals surface area contributed by atoms with E-state index in [9.17, 15) is 0 Å². The lowest BCUT2D eigenvalue weighted by Crippen LogP contribution is -2.46. The van der Waals surface area contributed by atoms with Crippen molar-refractivity contribution in [3.8, 4) is 0 Å². The minimum Gasteiger partial charge on any atom is -0.373 e. The first-order chi connectivity index (χ1) is 9.17. The summed E-state index contributed by atoms with van der Waals surface area (Å²) in [4.78, 5) is 0. The summed E-state index contributed by atoms with van der Waals surface area (Å²) in [6, 6.07) is 2.15. The van der Waals surface area contributed by atoms with Crippen LogP contribution in [0.4, 0.5) is 0 Å². The number of hydrogen-bond donors (Lipinski definition) is 1. The van der Waals surface area contributed by atoms with Gasteiger partial charge in [-0.1, -0.05) is 26.2 Å². The predicted molar refractivity (Wildman–Crippen MR) is 76.9 cm³/mol. The van der Waals surface area contributed by atoms with Gasteiger partial charge in [0.15, 0.2) is 0 Å². The molecule has 0 spiro atoms. The third kappa shape index (κ3) is 3.80. The van der Waals surface area contributed by atoms with Gasteiger partial charge in [0.05, 0.1) is 24.6 Å². The molecule has 0 aromatic carbocycles. The molecule has 1 fully saturated rings. The Kier molecular flexibility index (Phi) is 4.99. The average Bonchev–Trinajstić information content (AvgIpc) is 2.82. The zero-order chi connectivity index (χ0) is 13.7. The van der Waals surface area contributed by atoms with E-state index in [4.69, 9.17) is 10.5 Å². The second-order valence-corrected chi connectivity index (χ2v) is 5.71. The Balaban J connectivity index is 1.86. The molecule has 2 rings (SSSR count). The number of nitrogens with zero attached hydrogens (tertiary/aromatic N) is 2. The van der Waals surface area contributed by atoms with Crippen LogP contribution < -0.4 is 5.73 Å². The summed E-state index contributed by atoms with van der Waals surface area (Å²) in [7, 11) is 0. The summed E-state index contributed by atoms with van der Waals surface area (Å²) in [6.07, 6.45) is 6.97. The van der Waals surface area contributed by atoms with Crippen LogP contribution in [-0.2, 0) is 24.3 Å². The zero-order valence-corrected chi connectivity index (χ0v) is 12.3. The van der Waals surface area contributed by atoms with Gasteiger partial charge in [-0.15, -0.1) is 0 Å². The smallest absolute Gasteiger partial charge is 0.0885 e. The van der Waals surface area contributed by atoms with Gasteiger partial charge in [0.2, 0.25) is 0 Å². The highest BCUT2D eigenvalue weighted by atomic mass is 16.5. The van der Waals surface area contributed by atoms with Crippen LogP contribution in [0.3, 0.4) is 0 Å². The van der Waals surface area contributed by atoms with Crippen molar-refractivity contribution in [3.05, 3.63) is 17.5 Å². The Bertz CT molecular complexity index is 394. The van der Waals surface area contributed by atoms with Crippen LogP contribution in [0.25, 0.3) is 0 Å². The summed E-state index contributed by atoms with van der Waals surface area (Å²) < 4.78 is 7.91. The van der Waals surface area contributed by atoms with Crippen molar-refractivity contribution in [2.24, 2.45) is 5.73 Å². The van der Waals surface area contributed by atoms with Gasteiger partial charge in [-0.25, -0.2) is 0 Å². The lowest BCUT2D eigenvalue weighted by atomic mass is 9.83. The monoisotopic (exact) mass is 265 g/mol. The van der Waals surface area contributed by atoms with E-state index in [0.717, 1.165) is 31.5 Å². The van der Waals surface area contributed by atoms with Crippen LogP contribution in [0, 0.1) is 0 Å². The van der Waals surface area contributed by atoms with E-state index in [1.165, 1.54) is 25.0 Å². The maximum absolute atomic E-state index is 6.38. The number of hydrogen-bond acceptors (Lipinski definition) is 3. The van der Waals surface area contributed by atoms with E-state index >= 15 is 0 Å². The molecule has 1 aliphatic carbocycles. The summed E-state index contributed by atoms with van der Waals surface area (Å²) in [5, 5.41) is 4.54. The summed E-state index contributed by atoms with van der Waals surface area (Å²) in [5.74, 6) is 0. The first-order valence-electron chi connectivity index (χ1n) is 7.59. The molecule has 1 aromatic heterocycles. The minimum atomic E-state index is -0.0943. The van der Waals surface area contributed by atoms with Gasteiger partial charge >= 0.3 is 0 Å². The fourth-order valence-electron chi connectivity index (χ4n) is 2.84. The Hall–Kier alpha value is -0.870. The van der Waals surface area contributed by atoms with E-state index in [2.05, 4.69) is 25.0 Å². The molecule has 108 valence electrons. The summed E-state index contributed by atoms with van der Waals surface area (Å²) in [5.41, 5.74) is 8.59. The first-order valence-corrected chi connectivity index (χ1v) is 7.59. The lowest BCUT2D eigenvalue weighted by molar-refractivity contribution is 0.0539. The molecule has 0 radical (unpaired) electrons. The third-order valence-corrected chi connectivity index (χ3v) is 4.06. The molecular weight excluding hydrogens is 238 g/mol. The standard InChI is InChI=1S/C15H27N3O/c1-3-13-10-14(18(4-2)17-13)11-19-12-15(16)8-6-5-7-9-15/h10H,3-9,11-12,16H2,1-2H3. The van der Waals surface area contributed by atoms with Crippen LogP contribution in [-0.4, -0.2) is 21.9 Å². The molecule has 1 aliphatic rings. The van der Waals surface area contributed by atoms with Crippen LogP contribution >= 0.6 is 0 Å². The SMILES string of the molecule is CCc1cc(COCC2(N)CCCCC2)n(CC)n1. The van der Waals surface area contributed by atoms with Gasteiger partial charge in [0.1, 0.15) is 0 Å². The summed E-state index contributed by atoms with van der Waals surface area (Å²) >= 11 is 0. The van der Waals surface area contributed by atoms with Gasteiger partial charge in [0, 0.05) is 12.1 Å². The lowest BCUT2D eigenvalue weighted by Gasteiger charge is -2.33. The number of aromatic nitrogens is 2. The Morgan fingerprint density at radius 3 is 2.68 bits per heavy atom. The summed E-state index contributed by atoms with van der Waals surface area (Å²) in [6.45, 7) is 6.43. The highest BCUT2D eigenvalue weighted by Crippen LogP contribution is 2.26. The quantitative estimate of drug-likeness (QED) is 0.860. The fraction of sp³-hybridized carbons (Fsp3) is 0.800. The molecule has 0 aliphatic heterocycles. The molecule has 1 heterocycles. The van der Waals surface area contributed by atoms with Crippen LogP contribution in [0.5, 0.6) is 0 Å². The van der Waals surface area contributed by atoms with Crippen LogP contribution in [0.2, 0.25) is 0 Å². The zero-order valence-electron chi connectivity index (χ0n) is 12.3. The molecule has 19 heavy (non-hydrogen) atoms. The molecule has 4 nitrogen and oxygen atoms in total. The maximum atomic E-state index is 6.38. The van der Waals surface area contributed by atoms with Gasteiger partial charge in [-0.3, -0.25) is 4.68 Å². The van der Waals surface area contributed by atoms with Crippen molar-refractivity contribution in [1.82, 2.24) is 9.78 Å². The second-order valence-electron chi connectivity index (χ2n) is 5.71. The van der Waals surface area contributed by atoms with Crippen molar-refractivity contribution >= 4 is 0 Å². The van der Waals surface area contributed by atoms with Crippen molar-refractivity contribution in [2.45, 2.75) is 71.1 Å².